The van der Waals surface area contributed by atoms with Gasteiger partial charge in [-0.3, -0.25) is 9.59 Å². The van der Waals surface area contributed by atoms with Crippen LogP contribution in [0, 0.1) is 5.92 Å². The third-order valence-corrected chi connectivity index (χ3v) is 3.92. The summed E-state index contributed by atoms with van der Waals surface area (Å²) in [6.45, 7) is 4.88. The summed E-state index contributed by atoms with van der Waals surface area (Å²) in [4.78, 5) is 36.3. The Kier molecular flexibility index (Phi) is 6.98. The highest BCUT2D eigenvalue weighted by Gasteiger charge is 2.31. The second kappa shape index (κ2) is 8.49. The molecule has 0 radical (unpaired) electrons. The molecule has 0 bridgehead atoms. The molecule has 1 fully saturated rings. The summed E-state index contributed by atoms with van der Waals surface area (Å²) in [5, 5.41) is 14.3. The Morgan fingerprint density at radius 1 is 1.14 bits per heavy atom. The molecule has 0 aromatic rings. The molecule has 120 valence electrons. The predicted octanol–water partition coefficient (Wildman–Crippen LogP) is 0.797. The second-order valence-corrected chi connectivity index (χ2v) is 5.23. The first kappa shape index (κ1) is 17.3. The van der Waals surface area contributed by atoms with E-state index in [0.29, 0.717) is 25.9 Å². The van der Waals surface area contributed by atoms with Gasteiger partial charge < -0.3 is 20.6 Å². The fourth-order valence-corrected chi connectivity index (χ4v) is 2.66. The number of hydrogen-bond donors (Lipinski definition) is 3. The number of urea groups is 1. The number of likely N-dealkylation sites (N-methyl/N-ethyl adjacent to an activating group) is 1. The standard InChI is InChI=1S/C14H25N3O4/c1-3-17(4-2)12(18)9-15-14(21)16-11-8-6-5-7-10(11)13(19)20/h10-11H,3-9H2,1-2H3,(H,19,20)(H2,15,16,21). The molecule has 2 atom stereocenters. The van der Waals surface area contributed by atoms with Crippen molar-refractivity contribution in [3.8, 4) is 0 Å². The Balaban J connectivity index is 2.42. The molecule has 1 aliphatic rings. The van der Waals surface area contributed by atoms with Crippen LogP contribution in [0.3, 0.4) is 0 Å². The van der Waals surface area contributed by atoms with E-state index in [2.05, 4.69) is 10.6 Å². The number of hydrogen-bond acceptors (Lipinski definition) is 3. The zero-order valence-electron chi connectivity index (χ0n) is 12.7. The third-order valence-electron chi connectivity index (χ3n) is 3.92. The van der Waals surface area contributed by atoms with Gasteiger partial charge in [0.2, 0.25) is 5.91 Å². The van der Waals surface area contributed by atoms with Crippen molar-refractivity contribution in [1.29, 1.82) is 0 Å². The van der Waals surface area contributed by atoms with E-state index in [1.165, 1.54) is 0 Å². The van der Waals surface area contributed by atoms with E-state index in [4.69, 9.17) is 5.11 Å². The van der Waals surface area contributed by atoms with Gasteiger partial charge in [-0.15, -0.1) is 0 Å². The summed E-state index contributed by atoms with van der Waals surface area (Å²) in [6.07, 6.45) is 3.03. The maximum absolute atomic E-state index is 11.8. The van der Waals surface area contributed by atoms with Crippen LogP contribution in [-0.4, -0.2) is 53.6 Å². The monoisotopic (exact) mass is 299 g/mol. The second-order valence-electron chi connectivity index (χ2n) is 5.23. The van der Waals surface area contributed by atoms with Gasteiger partial charge in [-0.2, -0.15) is 0 Å². The lowest BCUT2D eigenvalue weighted by Crippen LogP contribution is -2.50. The van der Waals surface area contributed by atoms with Crippen molar-refractivity contribution in [1.82, 2.24) is 15.5 Å². The van der Waals surface area contributed by atoms with Crippen LogP contribution in [-0.2, 0) is 9.59 Å². The fourth-order valence-electron chi connectivity index (χ4n) is 2.66. The SMILES string of the molecule is CCN(CC)C(=O)CNC(=O)NC1CCCCC1C(=O)O. The number of carboxylic acid groups (broad SMARTS) is 1. The summed E-state index contributed by atoms with van der Waals surface area (Å²) in [5.74, 6) is -1.56. The predicted molar refractivity (Wildman–Crippen MR) is 77.8 cm³/mol. The number of amides is 3. The summed E-state index contributed by atoms with van der Waals surface area (Å²) in [5.41, 5.74) is 0. The number of aliphatic carboxylic acids is 1. The highest BCUT2D eigenvalue weighted by atomic mass is 16.4. The minimum atomic E-state index is -0.876. The van der Waals surface area contributed by atoms with Crippen LogP contribution in [0.5, 0.6) is 0 Å². The Morgan fingerprint density at radius 3 is 2.33 bits per heavy atom. The van der Waals surface area contributed by atoms with Crippen LogP contribution in [0.4, 0.5) is 4.79 Å². The number of carboxylic acids is 1. The zero-order chi connectivity index (χ0) is 15.8. The van der Waals surface area contributed by atoms with Crippen LogP contribution in [0.1, 0.15) is 39.5 Å². The minimum absolute atomic E-state index is 0.0715. The van der Waals surface area contributed by atoms with Crippen molar-refractivity contribution in [2.24, 2.45) is 5.92 Å². The molecule has 1 aliphatic carbocycles. The Labute approximate surface area is 125 Å². The first-order valence-corrected chi connectivity index (χ1v) is 7.54. The molecule has 2 unspecified atom stereocenters. The van der Waals surface area contributed by atoms with Gasteiger partial charge in [0, 0.05) is 19.1 Å². The van der Waals surface area contributed by atoms with Crippen LogP contribution < -0.4 is 10.6 Å². The number of carbonyl (C=O) groups is 3. The van der Waals surface area contributed by atoms with Gasteiger partial charge >= 0.3 is 12.0 Å². The molecule has 7 nitrogen and oxygen atoms in total. The largest absolute Gasteiger partial charge is 0.481 e. The van der Waals surface area contributed by atoms with E-state index < -0.39 is 17.9 Å². The molecule has 0 aliphatic heterocycles. The molecule has 3 N–H and O–H groups in total. The summed E-state index contributed by atoms with van der Waals surface area (Å²) < 4.78 is 0. The van der Waals surface area contributed by atoms with Gasteiger partial charge in [0.1, 0.15) is 0 Å². The lowest BCUT2D eigenvalue weighted by atomic mass is 9.84. The molecule has 0 spiro atoms. The summed E-state index contributed by atoms with van der Waals surface area (Å²) >= 11 is 0. The molecule has 0 aromatic heterocycles. The highest BCUT2D eigenvalue weighted by Crippen LogP contribution is 2.24. The first-order chi connectivity index (χ1) is 9.99. The smallest absolute Gasteiger partial charge is 0.315 e. The summed E-state index contributed by atoms with van der Waals surface area (Å²) in [7, 11) is 0. The zero-order valence-corrected chi connectivity index (χ0v) is 12.7. The molecule has 1 rings (SSSR count). The van der Waals surface area contributed by atoms with Crippen LogP contribution in [0.25, 0.3) is 0 Å². The molecule has 1 saturated carbocycles. The van der Waals surface area contributed by atoms with Crippen molar-refractivity contribution in [2.45, 2.75) is 45.6 Å². The van der Waals surface area contributed by atoms with Crippen molar-refractivity contribution >= 4 is 17.9 Å². The molecule has 0 saturated heterocycles. The van der Waals surface area contributed by atoms with Gasteiger partial charge in [0.05, 0.1) is 12.5 Å². The van der Waals surface area contributed by atoms with Crippen molar-refractivity contribution in [3.63, 3.8) is 0 Å². The van der Waals surface area contributed by atoms with Gasteiger partial charge in [-0.25, -0.2) is 4.79 Å². The first-order valence-electron chi connectivity index (χ1n) is 7.54. The Hall–Kier alpha value is -1.79. The Bertz CT molecular complexity index is 382. The maximum atomic E-state index is 11.8. The van der Waals surface area contributed by atoms with E-state index in [1.807, 2.05) is 13.8 Å². The maximum Gasteiger partial charge on any atom is 0.315 e. The average molecular weight is 299 g/mol. The minimum Gasteiger partial charge on any atom is -0.481 e. The Morgan fingerprint density at radius 2 is 1.76 bits per heavy atom. The molecular formula is C14H25N3O4. The van der Waals surface area contributed by atoms with Crippen molar-refractivity contribution < 1.29 is 19.5 Å². The van der Waals surface area contributed by atoms with E-state index in [-0.39, 0.29) is 18.5 Å². The number of nitrogens with zero attached hydrogens (tertiary/aromatic N) is 1. The highest BCUT2D eigenvalue weighted by molar-refractivity contribution is 5.84. The quantitative estimate of drug-likeness (QED) is 0.675. The van der Waals surface area contributed by atoms with Gasteiger partial charge in [-0.1, -0.05) is 12.8 Å². The van der Waals surface area contributed by atoms with Gasteiger partial charge in [0.25, 0.3) is 0 Å². The average Bonchev–Trinajstić information content (AvgIpc) is 2.46. The number of rotatable bonds is 6. The van der Waals surface area contributed by atoms with E-state index in [0.717, 1.165) is 12.8 Å². The molecular weight excluding hydrogens is 274 g/mol. The fraction of sp³-hybridized carbons (Fsp3) is 0.786. The topological polar surface area (TPSA) is 98.7 Å². The van der Waals surface area contributed by atoms with Crippen LogP contribution in [0.2, 0.25) is 0 Å². The summed E-state index contributed by atoms with van der Waals surface area (Å²) in [6, 6.07) is -0.839. The lowest BCUT2D eigenvalue weighted by molar-refractivity contribution is -0.143. The van der Waals surface area contributed by atoms with E-state index >= 15 is 0 Å². The van der Waals surface area contributed by atoms with Gasteiger partial charge in [-0.05, 0) is 26.7 Å². The van der Waals surface area contributed by atoms with Gasteiger partial charge in [0.15, 0.2) is 0 Å². The van der Waals surface area contributed by atoms with Crippen LogP contribution in [0.15, 0.2) is 0 Å². The molecule has 3 amide bonds. The number of nitrogens with one attached hydrogen (secondary N) is 2. The lowest BCUT2D eigenvalue weighted by Gasteiger charge is -2.29. The molecule has 0 aromatic carbocycles. The van der Waals surface area contributed by atoms with E-state index in [9.17, 15) is 14.4 Å². The molecule has 21 heavy (non-hydrogen) atoms. The molecule has 7 heteroatoms. The van der Waals surface area contributed by atoms with Crippen molar-refractivity contribution in [2.75, 3.05) is 19.6 Å². The number of carbonyl (C=O) groups excluding carboxylic acids is 2. The molecule has 0 heterocycles. The normalized spacial score (nSPS) is 21.4. The van der Waals surface area contributed by atoms with Crippen molar-refractivity contribution in [3.05, 3.63) is 0 Å². The third kappa shape index (κ3) is 5.24. The van der Waals surface area contributed by atoms with Crippen LogP contribution >= 0.6 is 0 Å². The van der Waals surface area contributed by atoms with E-state index in [1.54, 1.807) is 4.90 Å².